The highest BCUT2D eigenvalue weighted by atomic mass is 35.5. The smallest absolute Gasteiger partial charge is 0.272 e. The molecule has 0 radical (unpaired) electrons. The minimum atomic E-state index is -0.196. The van der Waals surface area contributed by atoms with Crippen LogP contribution in [0.2, 0.25) is 5.15 Å². The monoisotopic (exact) mass is 240 g/mol. The molecule has 86 valence electrons. The molecule has 1 aromatic rings. The molecule has 0 spiro atoms. The highest BCUT2D eigenvalue weighted by molar-refractivity contribution is 6.29. The standard InChI is InChI=1S/C10H13ClN4O/c11-9-4-3-8(14-15-9)10(16)13-7-2-1-5-12-6-7/h3-4,7,12H,1-2,5-6H2,(H,13,16). The number of aromatic nitrogens is 2. The summed E-state index contributed by atoms with van der Waals surface area (Å²) in [6.45, 7) is 1.83. The predicted octanol–water partition coefficient (Wildman–Crippen LogP) is 0.612. The lowest BCUT2D eigenvalue weighted by Crippen LogP contribution is -2.45. The zero-order valence-electron chi connectivity index (χ0n) is 8.74. The lowest BCUT2D eigenvalue weighted by molar-refractivity contribution is 0.0924. The Morgan fingerprint density at radius 3 is 3.00 bits per heavy atom. The average Bonchev–Trinajstić information content (AvgIpc) is 2.31. The van der Waals surface area contributed by atoms with E-state index < -0.39 is 0 Å². The number of amides is 1. The van der Waals surface area contributed by atoms with Crippen LogP contribution in [-0.2, 0) is 0 Å². The van der Waals surface area contributed by atoms with Crippen molar-refractivity contribution in [2.24, 2.45) is 0 Å². The molecule has 1 atom stereocenters. The second kappa shape index (κ2) is 5.23. The molecule has 1 amide bonds. The Morgan fingerprint density at radius 1 is 1.50 bits per heavy atom. The summed E-state index contributed by atoms with van der Waals surface area (Å²) in [6.07, 6.45) is 2.08. The topological polar surface area (TPSA) is 66.9 Å². The van der Waals surface area contributed by atoms with Gasteiger partial charge in [-0.1, -0.05) is 11.6 Å². The van der Waals surface area contributed by atoms with Crippen molar-refractivity contribution in [3.63, 3.8) is 0 Å². The largest absolute Gasteiger partial charge is 0.347 e. The number of carbonyl (C=O) groups excluding carboxylic acids is 1. The maximum atomic E-state index is 11.7. The minimum Gasteiger partial charge on any atom is -0.347 e. The van der Waals surface area contributed by atoms with Gasteiger partial charge in [0.15, 0.2) is 10.8 Å². The van der Waals surface area contributed by atoms with E-state index in [0.717, 1.165) is 25.9 Å². The molecule has 1 fully saturated rings. The Labute approximate surface area is 98.6 Å². The first-order valence-electron chi connectivity index (χ1n) is 5.26. The SMILES string of the molecule is O=C(NC1CCCNC1)c1ccc(Cl)nn1. The van der Waals surface area contributed by atoms with Gasteiger partial charge in [0.1, 0.15) is 0 Å². The first-order chi connectivity index (χ1) is 7.75. The predicted molar refractivity (Wildman–Crippen MR) is 60.4 cm³/mol. The van der Waals surface area contributed by atoms with Crippen LogP contribution in [0.5, 0.6) is 0 Å². The third kappa shape index (κ3) is 2.90. The number of nitrogens with zero attached hydrogens (tertiary/aromatic N) is 2. The van der Waals surface area contributed by atoms with Gasteiger partial charge < -0.3 is 10.6 Å². The maximum Gasteiger partial charge on any atom is 0.272 e. The molecule has 1 aromatic heterocycles. The van der Waals surface area contributed by atoms with E-state index in [4.69, 9.17) is 11.6 Å². The molecule has 1 aliphatic rings. The van der Waals surface area contributed by atoms with Gasteiger partial charge in [0, 0.05) is 12.6 Å². The van der Waals surface area contributed by atoms with Gasteiger partial charge in [-0.05, 0) is 31.5 Å². The molecule has 0 saturated carbocycles. The van der Waals surface area contributed by atoms with Gasteiger partial charge in [-0.3, -0.25) is 4.79 Å². The Bertz CT molecular complexity index is 362. The molecule has 1 aliphatic heterocycles. The highest BCUT2D eigenvalue weighted by Gasteiger charge is 2.17. The highest BCUT2D eigenvalue weighted by Crippen LogP contribution is 2.05. The van der Waals surface area contributed by atoms with E-state index in [1.165, 1.54) is 0 Å². The number of piperidine rings is 1. The van der Waals surface area contributed by atoms with Crippen molar-refractivity contribution in [2.75, 3.05) is 13.1 Å². The van der Waals surface area contributed by atoms with Crippen LogP contribution in [0, 0.1) is 0 Å². The van der Waals surface area contributed by atoms with Gasteiger partial charge in [-0.25, -0.2) is 0 Å². The van der Waals surface area contributed by atoms with Crippen molar-refractivity contribution in [1.82, 2.24) is 20.8 Å². The van der Waals surface area contributed by atoms with Crippen molar-refractivity contribution < 1.29 is 4.79 Å². The van der Waals surface area contributed by atoms with E-state index >= 15 is 0 Å². The molecule has 1 saturated heterocycles. The van der Waals surface area contributed by atoms with Crippen molar-refractivity contribution in [2.45, 2.75) is 18.9 Å². The molecule has 2 rings (SSSR count). The molecule has 0 aliphatic carbocycles. The summed E-state index contributed by atoms with van der Waals surface area (Å²) < 4.78 is 0. The van der Waals surface area contributed by atoms with Gasteiger partial charge >= 0.3 is 0 Å². The number of hydrogen-bond acceptors (Lipinski definition) is 4. The number of hydrogen-bond donors (Lipinski definition) is 2. The third-order valence-corrected chi connectivity index (χ3v) is 2.70. The van der Waals surface area contributed by atoms with Crippen LogP contribution in [0.25, 0.3) is 0 Å². The average molecular weight is 241 g/mol. The summed E-state index contributed by atoms with van der Waals surface area (Å²) in [4.78, 5) is 11.7. The van der Waals surface area contributed by atoms with E-state index in [9.17, 15) is 4.79 Å². The van der Waals surface area contributed by atoms with Gasteiger partial charge in [-0.2, -0.15) is 0 Å². The number of halogens is 1. The molecule has 2 N–H and O–H groups in total. The Hall–Kier alpha value is -1.20. The number of carbonyl (C=O) groups is 1. The van der Waals surface area contributed by atoms with E-state index in [0.29, 0.717) is 5.69 Å². The fourth-order valence-electron chi connectivity index (χ4n) is 1.67. The van der Waals surface area contributed by atoms with E-state index in [1.807, 2.05) is 0 Å². The summed E-state index contributed by atoms with van der Waals surface area (Å²) in [5.74, 6) is -0.196. The molecular formula is C10H13ClN4O. The van der Waals surface area contributed by atoms with Crippen molar-refractivity contribution >= 4 is 17.5 Å². The van der Waals surface area contributed by atoms with Crippen molar-refractivity contribution in [1.29, 1.82) is 0 Å². The Kier molecular flexibility index (Phi) is 3.69. The zero-order valence-corrected chi connectivity index (χ0v) is 9.50. The number of nitrogens with one attached hydrogen (secondary N) is 2. The first-order valence-corrected chi connectivity index (χ1v) is 5.64. The minimum absolute atomic E-state index is 0.179. The van der Waals surface area contributed by atoms with Gasteiger partial charge in [-0.15, -0.1) is 10.2 Å². The van der Waals surface area contributed by atoms with Crippen LogP contribution >= 0.6 is 11.6 Å². The second-order valence-corrected chi connectivity index (χ2v) is 4.15. The van der Waals surface area contributed by atoms with Crippen LogP contribution in [0.3, 0.4) is 0 Å². The van der Waals surface area contributed by atoms with Crippen molar-refractivity contribution in [3.05, 3.63) is 23.0 Å². The molecule has 5 nitrogen and oxygen atoms in total. The molecule has 0 aromatic carbocycles. The van der Waals surface area contributed by atoms with Crippen molar-refractivity contribution in [3.8, 4) is 0 Å². The van der Waals surface area contributed by atoms with Crippen LogP contribution in [0.4, 0.5) is 0 Å². The zero-order chi connectivity index (χ0) is 11.4. The molecule has 0 bridgehead atoms. The fraction of sp³-hybridized carbons (Fsp3) is 0.500. The normalized spacial score (nSPS) is 20.4. The van der Waals surface area contributed by atoms with Gasteiger partial charge in [0.25, 0.3) is 5.91 Å². The number of rotatable bonds is 2. The second-order valence-electron chi connectivity index (χ2n) is 3.76. The summed E-state index contributed by atoms with van der Waals surface area (Å²) in [6, 6.07) is 3.31. The van der Waals surface area contributed by atoms with Crippen LogP contribution < -0.4 is 10.6 Å². The molecule has 16 heavy (non-hydrogen) atoms. The summed E-state index contributed by atoms with van der Waals surface area (Å²) in [7, 11) is 0. The Balaban J connectivity index is 1.94. The van der Waals surface area contributed by atoms with E-state index in [-0.39, 0.29) is 17.1 Å². The van der Waals surface area contributed by atoms with Crippen LogP contribution in [-0.4, -0.2) is 35.2 Å². The lowest BCUT2D eigenvalue weighted by Gasteiger charge is -2.23. The van der Waals surface area contributed by atoms with Gasteiger partial charge in [0.2, 0.25) is 0 Å². The summed E-state index contributed by atoms with van der Waals surface area (Å²) in [5.41, 5.74) is 0.301. The van der Waals surface area contributed by atoms with E-state index in [1.54, 1.807) is 12.1 Å². The maximum absolute atomic E-state index is 11.7. The molecular weight excluding hydrogens is 228 g/mol. The molecule has 1 unspecified atom stereocenters. The Morgan fingerprint density at radius 2 is 2.38 bits per heavy atom. The summed E-state index contributed by atoms with van der Waals surface area (Å²) in [5, 5.41) is 13.8. The summed E-state index contributed by atoms with van der Waals surface area (Å²) >= 11 is 5.59. The van der Waals surface area contributed by atoms with E-state index in [2.05, 4.69) is 20.8 Å². The van der Waals surface area contributed by atoms with Crippen LogP contribution in [0.1, 0.15) is 23.3 Å². The first kappa shape index (κ1) is 11.3. The molecule has 2 heterocycles. The lowest BCUT2D eigenvalue weighted by atomic mass is 10.1. The molecule has 6 heteroatoms. The quantitative estimate of drug-likeness (QED) is 0.795. The van der Waals surface area contributed by atoms with Crippen LogP contribution in [0.15, 0.2) is 12.1 Å². The van der Waals surface area contributed by atoms with Gasteiger partial charge in [0.05, 0.1) is 0 Å². The fourth-order valence-corrected chi connectivity index (χ4v) is 1.77. The third-order valence-electron chi connectivity index (χ3n) is 2.50.